The molecule has 0 saturated heterocycles. The van der Waals surface area contributed by atoms with Gasteiger partial charge in [0.05, 0.1) is 12.8 Å². The summed E-state index contributed by atoms with van der Waals surface area (Å²) in [5.74, 6) is -2.43. The molecule has 0 aliphatic rings. The largest absolute Gasteiger partial charge is 0.464 e. The predicted octanol–water partition coefficient (Wildman–Crippen LogP) is 1.81. The van der Waals surface area contributed by atoms with E-state index in [0.717, 1.165) is 12.7 Å². The fourth-order valence-corrected chi connectivity index (χ4v) is 2.86. The molecule has 29 heavy (non-hydrogen) atoms. The minimum Gasteiger partial charge on any atom is -0.464 e. The van der Waals surface area contributed by atoms with E-state index in [-0.39, 0.29) is 23.0 Å². The first-order chi connectivity index (χ1) is 13.7. The van der Waals surface area contributed by atoms with E-state index in [1.54, 1.807) is 24.3 Å². The van der Waals surface area contributed by atoms with Gasteiger partial charge in [-0.3, -0.25) is 14.4 Å². The SMILES string of the molecule is C=C(NC(=O)c1csc(-c2ccc(NC(C)=O)cc2)n1)C(=O)NC(=C)C(=O)OC. The van der Waals surface area contributed by atoms with Crippen molar-refractivity contribution in [2.45, 2.75) is 6.92 Å². The molecule has 0 fully saturated rings. The number of hydrogen-bond acceptors (Lipinski definition) is 7. The molecule has 0 aliphatic heterocycles. The summed E-state index contributed by atoms with van der Waals surface area (Å²) in [7, 11) is 1.14. The molecule has 10 heteroatoms. The summed E-state index contributed by atoms with van der Waals surface area (Å²) < 4.78 is 4.41. The molecular weight excluding hydrogens is 396 g/mol. The molecular formula is C19H18N4O5S. The molecule has 0 spiro atoms. The van der Waals surface area contributed by atoms with Crippen LogP contribution in [0.1, 0.15) is 17.4 Å². The summed E-state index contributed by atoms with van der Waals surface area (Å²) in [6.45, 7) is 8.23. The summed E-state index contributed by atoms with van der Waals surface area (Å²) in [5, 5.41) is 9.25. The van der Waals surface area contributed by atoms with E-state index in [1.807, 2.05) is 0 Å². The fourth-order valence-electron chi connectivity index (χ4n) is 2.05. The molecule has 0 unspecified atom stereocenters. The number of amides is 3. The van der Waals surface area contributed by atoms with Gasteiger partial charge in [-0.15, -0.1) is 11.3 Å². The third kappa shape index (κ3) is 5.84. The molecule has 0 bridgehead atoms. The van der Waals surface area contributed by atoms with Gasteiger partial charge in [0.1, 0.15) is 16.4 Å². The maximum atomic E-state index is 12.3. The number of methoxy groups -OCH3 is 1. The fraction of sp³-hybridized carbons (Fsp3) is 0.105. The highest BCUT2D eigenvalue weighted by Crippen LogP contribution is 2.25. The number of carbonyl (C=O) groups excluding carboxylic acids is 4. The van der Waals surface area contributed by atoms with Crippen LogP contribution in [-0.4, -0.2) is 35.8 Å². The van der Waals surface area contributed by atoms with Gasteiger partial charge in [0.2, 0.25) is 5.91 Å². The van der Waals surface area contributed by atoms with E-state index in [9.17, 15) is 19.2 Å². The highest BCUT2D eigenvalue weighted by Gasteiger charge is 2.18. The van der Waals surface area contributed by atoms with Crippen LogP contribution in [0.4, 0.5) is 5.69 Å². The summed E-state index contributed by atoms with van der Waals surface area (Å²) >= 11 is 1.24. The zero-order valence-electron chi connectivity index (χ0n) is 15.7. The van der Waals surface area contributed by atoms with E-state index >= 15 is 0 Å². The zero-order valence-corrected chi connectivity index (χ0v) is 16.5. The van der Waals surface area contributed by atoms with Crippen LogP contribution in [-0.2, 0) is 19.1 Å². The van der Waals surface area contributed by atoms with Crippen LogP contribution >= 0.6 is 11.3 Å². The van der Waals surface area contributed by atoms with E-state index in [0.29, 0.717) is 10.7 Å². The number of hydrogen-bond donors (Lipinski definition) is 3. The Morgan fingerprint density at radius 2 is 1.69 bits per heavy atom. The molecule has 3 amide bonds. The van der Waals surface area contributed by atoms with Crippen LogP contribution in [0.3, 0.4) is 0 Å². The van der Waals surface area contributed by atoms with E-state index < -0.39 is 17.8 Å². The summed E-state index contributed by atoms with van der Waals surface area (Å²) in [6.07, 6.45) is 0. The number of nitrogens with one attached hydrogen (secondary N) is 3. The Kier molecular flexibility index (Phi) is 6.99. The number of aromatic nitrogens is 1. The summed E-state index contributed by atoms with van der Waals surface area (Å²) in [5.41, 5.74) is 0.929. The Hall–Kier alpha value is -3.79. The first-order valence-corrected chi connectivity index (χ1v) is 9.01. The highest BCUT2D eigenvalue weighted by molar-refractivity contribution is 7.13. The standard InChI is InChI=1S/C19H18N4O5S/c1-10(16(25)21-11(2)19(27)28-4)20-17(26)15-9-29-18(23-15)13-5-7-14(8-6-13)22-12(3)24/h5-9H,1-2H2,3-4H3,(H,20,26)(H,21,25)(H,22,24). The predicted molar refractivity (Wildman–Crippen MR) is 108 cm³/mol. The normalized spacial score (nSPS) is 9.86. The Labute approximate surface area is 170 Å². The van der Waals surface area contributed by atoms with Crippen molar-refractivity contribution in [3.63, 3.8) is 0 Å². The Morgan fingerprint density at radius 1 is 1.03 bits per heavy atom. The van der Waals surface area contributed by atoms with Crippen molar-refractivity contribution in [3.05, 3.63) is 59.9 Å². The molecule has 0 aliphatic carbocycles. The number of anilines is 1. The average Bonchev–Trinajstić information content (AvgIpc) is 3.17. The van der Waals surface area contributed by atoms with Crippen molar-refractivity contribution in [2.24, 2.45) is 0 Å². The molecule has 1 aromatic carbocycles. The van der Waals surface area contributed by atoms with Crippen LogP contribution in [0, 0.1) is 0 Å². The second-order valence-electron chi connectivity index (χ2n) is 5.65. The summed E-state index contributed by atoms with van der Waals surface area (Å²) in [4.78, 5) is 50.8. The van der Waals surface area contributed by atoms with Crippen LogP contribution in [0.25, 0.3) is 10.6 Å². The number of nitrogens with zero attached hydrogens (tertiary/aromatic N) is 1. The van der Waals surface area contributed by atoms with Gasteiger partial charge in [0, 0.05) is 23.6 Å². The van der Waals surface area contributed by atoms with Crippen molar-refractivity contribution in [1.82, 2.24) is 15.6 Å². The lowest BCUT2D eigenvalue weighted by Crippen LogP contribution is -2.35. The quantitative estimate of drug-likeness (QED) is 0.469. The van der Waals surface area contributed by atoms with Crippen molar-refractivity contribution >= 4 is 40.7 Å². The second-order valence-corrected chi connectivity index (χ2v) is 6.51. The topological polar surface area (TPSA) is 126 Å². The molecule has 0 saturated carbocycles. The molecule has 2 rings (SSSR count). The monoisotopic (exact) mass is 414 g/mol. The van der Waals surface area contributed by atoms with E-state index in [2.05, 4.69) is 38.8 Å². The van der Waals surface area contributed by atoms with Gasteiger partial charge in [-0.05, 0) is 24.3 Å². The molecule has 0 atom stereocenters. The number of benzene rings is 1. The Balaban J connectivity index is 2.00. The molecule has 0 radical (unpaired) electrons. The van der Waals surface area contributed by atoms with Crippen LogP contribution < -0.4 is 16.0 Å². The number of rotatable bonds is 7. The van der Waals surface area contributed by atoms with Crippen molar-refractivity contribution in [3.8, 4) is 10.6 Å². The maximum Gasteiger partial charge on any atom is 0.353 e. The number of thiazole rings is 1. The number of ether oxygens (including phenoxy) is 1. The van der Waals surface area contributed by atoms with Gasteiger partial charge in [-0.25, -0.2) is 9.78 Å². The van der Waals surface area contributed by atoms with Crippen LogP contribution in [0.2, 0.25) is 0 Å². The van der Waals surface area contributed by atoms with Gasteiger partial charge >= 0.3 is 5.97 Å². The van der Waals surface area contributed by atoms with Crippen molar-refractivity contribution in [2.75, 3.05) is 12.4 Å². The van der Waals surface area contributed by atoms with Gasteiger partial charge in [-0.2, -0.15) is 0 Å². The van der Waals surface area contributed by atoms with E-state index in [4.69, 9.17) is 0 Å². The first kappa shape index (κ1) is 21.5. The van der Waals surface area contributed by atoms with Crippen molar-refractivity contribution < 1.29 is 23.9 Å². The minimum atomic E-state index is -0.814. The first-order valence-electron chi connectivity index (χ1n) is 8.13. The molecule has 2 aromatic rings. The zero-order chi connectivity index (χ0) is 21.6. The molecule has 1 aromatic heterocycles. The Morgan fingerprint density at radius 3 is 2.28 bits per heavy atom. The van der Waals surface area contributed by atoms with Crippen LogP contribution in [0.5, 0.6) is 0 Å². The second kappa shape index (κ2) is 9.42. The van der Waals surface area contributed by atoms with Gasteiger partial charge in [0.25, 0.3) is 11.8 Å². The third-order valence-corrected chi connectivity index (χ3v) is 4.32. The van der Waals surface area contributed by atoms with Gasteiger partial charge in [0.15, 0.2) is 0 Å². The maximum absolute atomic E-state index is 12.3. The summed E-state index contributed by atoms with van der Waals surface area (Å²) in [6, 6.07) is 6.96. The minimum absolute atomic E-state index is 0.0941. The van der Waals surface area contributed by atoms with Gasteiger partial charge in [-0.1, -0.05) is 13.2 Å². The molecule has 9 nitrogen and oxygen atoms in total. The third-order valence-electron chi connectivity index (χ3n) is 3.42. The molecule has 1 heterocycles. The Bertz CT molecular complexity index is 994. The van der Waals surface area contributed by atoms with Crippen LogP contribution in [0.15, 0.2) is 54.2 Å². The lowest BCUT2D eigenvalue weighted by molar-refractivity contribution is -0.137. The number of esters is 1. The lowest BCUT2D eigenvalue weighted by Gasteiger charge is -2.09. The number of carbonyl (C=O) groups is 4. The highest BCUT2D eigenvalue weighted by atomic mass is 32.1. The van der Waals surface area contributed by atoms with E-state index in [1.165, 1.54) is 23.6 Å². The molecule has 3 N–H and O–H groups in total. The van der Waals surface area contributed by atoms with Gasteiger partial charge < -0.3 is 20.7 Å². The van der Waals surface area contributed by atoms with Crippen molar-refractivity contribution in [1.29, 1.82) is 0 Å². The molecule has 150 valence electrons. The average molecular weight is 414 g/mol. The smallest absolute Gasteiger partial charge is 0.353 e. The lowest BCUT2D eigenvalue weighted by atomic mass is 10.2.